The number of piperazine rings is 1. The Hall–Kier alpha value is -1.01. The molecule has 94 valence electrons. The summed E-state index contributed by atoms with van der Waals surface area (Å²) >= 11 is 1.21. The van der Waals surface area contributed by atoms with Crippen molar-refractivity contribution < 1.29 is 4.79 Å². The SMILES string of the molecule is CC(C)c1nnsc1C(=O)N1CCNCC1C. The fourth-order valence-electron chi connectivity index (χ4n) is 2.00. The average Bonchev–Trinajstić information content (AvgIpc) is 2.77. The molecule has 17 heavy (non-hydrogen) atoms. The smallest absolute Gasteiger partial charge is 0.267 e. The van der Waals surface area contributed by atoms with E-state index in [0.717, 1.165) is 25.3 Å². The molecule has 2 rings (SSSR count). The first-order chi connectivity index (χ1) is 8.11. The molecule has 1 saturated heterocycles. The number of carbonyl (C=O) groups excluding carboxylic acids is 1. The molecule has 0 aromatic carbocycles. The second kappa shape index (κ2) is 5.10. The van der Waals surface area contributed by atoms with E-state index in [-0.39, 0.29) is 17.9 Å². The fourth-order valence-corrected chi connectivity index (χ4v) is 2.77. The van der Waals surface area contributed by atoms with Crippen molar-refractivity contribution in [2.45, 2.75) is 32.7 Å². The minimum absolute atomic E-state index is 0.0812. The third-order valence-electron chi connectivity index (χ3n) is 3.02. The summed E-state index contributed by atoms with van der Waals surface area (Å²) in [6, 6.07) is 0.235. The number of nitrogens with one attached hydrogen (secondary N) is 1. The Morgan fingerprint density at radius 1 is 1.59 bits per heavy atom. The molecule has 1 aliphatic heterocycles. The summed E-state index contributed by atoms with van der Waals surface area (Å²) in [5, 5.41) is 7.34. The lowest BCUT2D eigenvalue weighted by Crippen LogP contribution is -2.52. The zero-order chi connectivity index (χ0) is 12.4. The molecule has 1 aliphatic rings. The van der Waals surface area contributed by atoms with Gasteiger partial charge in [-0.05, 0) is 24.4 Å². The number of rotatable bonds is 2. The molecule has 1 N–H and O–H groups in total. The summed E-state index contributed by atoms with van der Waals surface area (Å²) < 4.78 is 3.91. The van der Waals surface area contributed by atoms with Gasteiger partial charge in [-0.25, -0.2) is 0 Å². The van der Waals surface area contributed by atoms with Crippen LogP contribution in [0, 0.1) is 0 Å². The van der Waals surface area contributed by atoms with Crippen molar-refractivity contribution in [3.05, 3.63) is 10.6 Å². The van der Waals surface area contributed by atoms with E-state index in [1.807, 2.05) is 18.7 Å². The minimum atomic E-state index is 0.0812. The monoisotopic (exact) mass is 254 g/mol. The minimum Gasteiger partial charge on any atom is -0.333 e. The largest absolute Gasteiger partial charge is 0.333 e. The van der Waals surface area contributed by atoms with Crippen LogP contribution >= 0.6 is 11.5 Å². The molecule has 1 aromatic heterocycles. The number of nitrogens with zero attached hydrogens (tertiary/aromatic N) is 3. The summed E-state index contributed by atoms with van der Waals surface area (Å²) in [5.41, 5.74) is 0.825. The molecule has 1 amide bonds. The van der Waals surface area contributed by atoms with Crippen molar-refractivity contribution in [1.82, 2.24) is 19.8 Å². The van der Waals surface area contributed by atoms with Crippen molar-refractivity contribution in [2.75, 3.05) is 19.6 Å². The molecule has 0 spiro atoms. The van der Waals surface area contributed by atoms with E-state index >= 15 is 0 Å². The zero-order valence-electron chi connectivity index (χ0n) is 10.4. The van der Waals surface area contributed by atoms with Crippen molar-refractivity contribution in [1.29, 1.82) is 0 Å². The lowest BCUT2D eigenvalue weighted by Gasteiger charge is -2.33. The molecule has 1 atom stereocenters. The van der Waals surface area contributed by atoms with E-state index < -0.39 is 0 Å². The standard InChI is InChI=1S/C11H18N4OS/c1-7(2)9-10(17-14-13-9)11(16)15-5-4-12-6-8(15)3/h7-8,12H,4-6H2,1-3H3. The van der Waals surface area contributed by atoms with Gasteiger partial charge in [0.1, 0.15) is 4.88 Å². The van der Waals surface area contributed by atoms with Crippen LogP contribution in [-0.2, 0) is 0 Å². The van der Waals surface area contributed by atoms with Gasteiger partial charge in [-0.15, -0.1) is 5.10 Å². The van der Waals surface area contributed by atoms with Crippen LogP contribution in [-0.4, -0.2) is 46.1 Å². The lowest BCUT2D eigenvalue weighted by molar-refractivity contribution is 0.0659. The molecular formula is C11H18N4OS. The van der Waals surface area contributed by atoms with E-state index in [1.165, 1.54) is 11.5 Å². The highest BCUT2D eigenvalue weighted by Gasteiger charge is 2.28. The van der Waals surface area contributed by atoms with Gasteiger partial charge in [0.25, 0.3) is 5.91 Å². The second-order valence-corrected chi connectivity index (χ2v) is 5.45. The Labute approximate surface area is 105 Å². The second-order valence-electron chi connectivity index (χ2n) is 4.69. The molecular weight excluding hydrogens is 236 g/mol. The lowest BCUT2D eigenvalue weighted by atomic mass is 10.1. The Kier molecular flexibility index (Phi) is 3.73. The van der Waals surface area contributed by atoms with E-state index in [0.29, 0.717) is 4.88 Å². The Morgan fingerprint density at radius 2 is 2.35 bits per heavy atom. The molecule has 0 aliphatic carbocycles. The van der Waals surface area contributed by atoms with Gasteiger partial charge in [0, 0.05) is 25.7 Å². The molecule has 0 radical (unpaired) electrons. The Bertz CT molecular complexity index is 404. The van der Waals surface area contributed by atoms with Crippen LogP contribution in [0.15, 0.2) is 0 Å². The van der Waals surface area contributed by atoms with E-state index in [2.05, 4.69) is 21.8 Å². The van der Waals surface area contributed by atoms with E-state index in [9.17, 15) is 4.79 Å². The number of hydrogen-bond donors (Lipinski definition) is 1. The normalized spacial score (nSPS) is 20.9. The van der Waals surface area contributed by atoms with Crippen molar-refractivity contribution >= 4 is 17.4 Å². The Balaban J connectivity index is 2.21. The summed E-state index contributed by atoms with van der Waals surface area (Å²) in [4.78, 5) is 15.0. The van der Waals surface area contributed by atoms with Crippen molar-refractivity contribution in [3.8, 4) is 0 Å². The van der Waals surface area contributed by atoms with Crippen LogP contribution < -0.4 is 5.32 Å². The maximum Gasteiger partial charge on any atom is 0.267 e. The van der Waals surface area contributed by atoms with Gasteiger partial charge in [0.2, 0.25) is 0 Å². The molecule has 6 heteroatoms. The van der Waals surface area contributed by atoms with Crippen LogP contribution in [0.3, 0.4) is 0 Å². The van der Waals surface area contributed by atoms with Crippen molar-refractivity contribution in [2.24, 2.45) is 0 Å². The molecule has 1 unspecified atom stereocenters. The van der Waals surface area contributed by atoms with Crippen LogP contribution in [0.25, 0.3) is 0 Å². The summed E-state index contributed by atoms with van der Waals surface area (Å²) in [6.45, 7) is 8.61. The third-order valence-corrected chi connectivity index (χ3v) is 3.75. The first-order valence-corrected chi connectivity index (χ1v) is 6.72. The van der Waals surface area contributed by atoms with E-state index in [4.69, 9.17) is 0 Å². The van der Waals surface area contributed by atoms with Crippen LogP contribution in [0.5, 0.6) is 0 Å². The number of amides is 1. The van der Waals surface area contributed by atoms with Gasteiger partial charge in [-0.3, -0.25) is 4.79 Å². The summed E-state index contributed by atoms with van der Waals surface area (Å²) in [7, 11) is 0. The highest BCUT2D eigenvalue weighted by atomic mass is 32.1. The van der Waals surface area contributed by atoms with Gasteiger partial charge in [-0.2, -0.15) is 0 Å². The predicted molar refractivity (Wildman–Crippen MR) is 67.4 cm³/mol. The summed E-state index contributed by atoms with van der Waals surface area (Å²) in [6.07, 6.45) is 0. The van der Waals surface area contributed by atoms with Gasteiger partial charge >= 0.3 is 0 Å². The topological polar surface area (TPSA) is 58.1 Å². The number of aromatic nitrogens is 2. The molecule has 0 saturated carbocycles. The maximum absolute atomic E-state index is 12.4. The van der Waals surface area contributed by atoms with Gasteiger partial charge in [-0.1, -0.05) is 18.3 Å². The van der Waals surface area contributed by atoms with Gasteiger partial charge < -0.3 is 10.2 Å². The van der Waals surface area contributed by atoms with Crippen LogP contribution in [0.2, 0.25) is 0 Å². The maximum atomic E-state index is 12.4. The highest BCUT2D eigenvalue weighted by Crippen LogP contribution is 2.22. The van der Waals surface area contributed by atoms with Gasteiger partial charge in [0.15, 0.2) is 0 Å². The summed E-state index contributed by atoms with van der Waals surface area (Å²) in [5.74, 6) is 0.323. The van der Waals surface area contributed by atoms with Crippen LogP contribution in [0.4, 0.5) is 0 Å². The van der Waals surface area contributed by atoms with E-state index in [1.54, 1.807) is 0 Å². The molecule has 5 nitrogen and oxygen atoms in total. The Morgan fingerprint density at radius 3 is 3.00 bits per heavy atom. The zero-order valence-corrected chi connectivity index (χ0v) is 11.3. The fraction of sp³-hybridized carbons (Fsp3) is 0.727. The van der Waals surface area contributed by atoms with Gasteiger partial charge in [0.05, 0.1) is 5.69 Å². The highest BCUT2D eigenvalue weighted by molar-refractivity contribution is 7.08. The molecule has 1 aromatic rings. The van der Waals surface area contributed by atoms with Crippen molar-refractivity contribution in [3.63, 3.8) is 0 Å². The number of hydrogen-bond acceptors (Lipinski definition) is 5. The average molecular weight is 254 g/mol. The molecule has 1 fully saturated rings. The number of carbonyl (C=O) groups is 1. The first-order valence-electron chi connectivity index (χ1n) is 5.95. The quantitative estimate of drug-likeness (QED) is 0.858. The predicted octanol–water partition coefficient (Wildman–Crippen LogP) is 1.10. The third kappa shape index (κ3) is 2.47. The molecule has 0 bridgehead atoms. The van der Waals surface area contributed by atoms with Crippen LogP contribution in [0.1, 0.15) is 42.1 Å². The molecule has 2 heterocycles. The first kappa shape index (κ1) is 12.4.